The minimum atomic E-state index is -0.837. The molecule has 1 aliphatic rings. The lowest BCUT2D eigenvalue weighted by Gasteiger charge is -2.19. The molecule has 2 rings (SSSR count). The van der Waals surface area contributed by atoms with Crippen LogP contribution < -0.4 is 5.32 Å². The summed E-state index contributed by atoms with van der Waals surface area (Å²) in [6, 6.07) is 2.19. The van der Waals surface area contributed by atoms with E-state index in [1.807, 2.05) is 13.8 Å². The van der Waals surface area contributed by atoms with Crippen LogP contribution in [0.1, 0.15) is 37.1 Å². The van der Waals surface area contributed by atoms with Gasteiger partial charge in [0.05, 0.1) is 23.1 Å². The van der Waals surface area contributed by atoms with Crippen LogP contribution in [0.3, 0.4) is 0 Å². The Bertz CT molecular complexity index is 458. The molecule has 0 bridgehead atoms. The van der Waals surface area contributed by atoms with Gasteiger partial charge in [0, 0.05) is 0 Å². The average Bonchev–Trinajstić information content (AvgIpc) is 2.91. The lowest BCUT2D eigenvalue weighted by molar-refractivity contribution is -0.122. The van der Waals surface area contributed by atoms with E-state index < -0.39 is 5.41 Å². The molecule has 0 spiro atoms. The second-order valence-electron chi connectivity index (χ2n) is 4.66. The van der Waals surface area contributed by atoms with Crippen molar-refractivity contribution in [1.29, 1.82) is 5.26 Å². The van der Waals surface area contributed by atoms with Crippen molar-refractivity contribution in [2.75, 3.05) is 5.32 Å². The van der Waals surface area contributed by atoms with E-state index in [0.29, 0.717) is 18.5 Å². The van der Waals surface area contributed by atoms with Crippen LogP contribution in [0.15, 0.2) is 0 Å². The molecular formula is C12H16N4O. The number of rotatable bonds is 2. The topological polar surface area (TPSA) is 81.6 Å². The van der Waals surface area contributed by atoms with Crippen molar-refractivity contribution in [2.45, 2.75) is 39.5 Å². The van der Waals surface area contributed by atoms with Gasteiger partial charge >= 0.3 is 0 Å². The molecule has 5 heteroatoms. The standard InChI is InChI=1S/C12H16N4O/c1-8-10(9(2)16-15-8)14-11(17)12(7-13)5-3-4-6-12/h3-6H2,1-2H3,(H,14,17)(H,15,16). The number of carbonyl (C=O) groups is 1. The second-order valence-corrected chi connectivity index (χ2v) is 4.66. The van der Waals surface area contributed by atoms with Crippen molar-refractivity contribution in [3.05, 3.63) is 11.4 Å². The fourth-order valence-electron chi connectivity index (χ4n) is 2.34. The highest BCUT2D eigenvalue weighted by Crippen LogP contribution is 2.38. The van der Waals surface area contributed by atoms with Gasteiger partial charge in [-0.3, -0.25) is 9.89 Å². The van der Waals surface area contributed by atoms with Crippen molar-refractivity contribution in [3.8, 4) is 6.07 Å². The molecule has 1 aromatic heterocycles. The molecule has 2 N–H and O–H groups in total. The van der Waals surface area contributed by atoms with E-state index in [1.54, 1.807) is 0 Å². The van der Waals surface area contributed by atoms with Crippen molar-refractivity contribution in [3.63, 3.8) is 0 Å². The zero-order chi connectivity index (χ0) is 12.5. The summed E-state index contributed by atoms with van der Waals surface area (Å²) in [5.41, 5.74) is 1.44. The van der Waals surface area contributed by atoms with E-state index in [0.717, 1.165) is 24.2 Å². The van der Waals surface area contributed by atoms with Crippen LogP contribution in [-0.2, 0) is 4.79 Å². The fraction of sp³-hybridized carbons (Fsp3) is 0.583. The zero-order valence-electron chi connectivity index (χ0n) is 10.1. The molecule has 1 aliphatic carbocycles. The van der Waals surface area contributed by atoms with Gasteiger partial charge in [0.15, 0.2) is 0 Å². The summed E-state index contributed by atoms with van der Waals surface area (Å²) < 4.78 is 0. The Labute approximate surface area is 100 Å². The predicted octanol–water partition coefficient (Wildman–Crippen LogP) is 2.05. The summed E-state index contributed by atoms with van der Waals surface area (Å²) in [7, 11) is 0. The first-order valence-corrected chi connectivity index (χ1v) is 5.83. The van der Waals surface area contributed by atoms with Crippen molar-refractivity contribution >= 4 is 11.6 Å². The van der Waals surface area contributed by atoms with E-state index >= 15 is 0 Å². The van der Waals surface area contributed by atoms with Gasteiger partial charge in [-0.15, -0.1) is 0 Å². The number of aryl methyl sites for hydroxylation is 2. The highest BCUT2D eigenvalue weighted by molar-refractivity contribution is 5.98. The third-order valence-corrected chi connectivity index (χ3v) is 3.47. The molecule has 0 aromatic carbocycles. The summed E-state index contributed by atoms with van der Waals surface area (Å²) in [6.45, 7) is 3.68. The van der Waals surface area contributed by atoms with Crippen LogP contribution in [-0.4, -0.2) is 16.1 Å². The van der Waals surface area contributed by atoms with Gasteiger partial charge in [0.25, 0.3) is 0 Å². The lowest BCUT2D eigenvalue weighted by atomic mass is 9.87. The molecule has 90 valence electrons. The number of amides is 1. The van der Waals surface area contributed by atoms with Crippen LogP contribution in [0.25, 0.3) is 0 Å². The number of anilines is 1. The lowest BCUT2D eigenvalue weighted by Crippen LogP contribution is -2.32. The summed E-state index contributed by atoms with van der Waals surface area (Å²) in [5, 5.41) is 18.9. The van der Waals surface area contributed by atoms with Crippen LogP contribution in [0.2, 0.25) is 0 Å². The largest absolute Gasteiger partial charge is 0.322 e. The minimum Gasteiger partial charge on any atom is -0.322 e. The van der Waals surface area contributed by atoms with Gasteiger partial charge in [-0.1, -0.05) is 12.8 Å². The highest BCUT2D eigenvalue weighted by Gasteiger charge is 2.41. The molecule has 17 heavy (non-hydrogen) atoms. The Morgan fingerprint density at radius 2 is 2.12 bits per heavy atom. The van der Waals surface area contributed by atoms with Crippen molar-refractivity contribution in [1.82, 2.24) is 10.2 Å². The van der Waals surface area contributed by atoms with Gasteiger partial charge in [0.2, 0.25) is 5.91 Å². The molecular weight excluding hydrogens is 216 g/mol. The minimum absolute atomic E-state index is 0.190. The predicted molar refractivity (Wildman–Crippen MR) is 63.2 cm³/mol. The Kier molecular flexibility index (Phi) is 2.88. The number of H-pyrrole nitrogens is 1. The molecule has 1 saturated carbocycles. The first kappa shape index (κ1) is 11.6. The Morgan fingerprint density at radius 3 is 2.59 bits per heavy atom. The quantitative estimate of drug-likeness (QED) is 0.818. The summed E-state index contributed by atoms with van der Waals surface area (Å²) in [5.74, 6) is -0.190. The van der Waals surface area contributed by atoms with E-state index in [4.69, 9.17) is 0 Å². The van der Waals surface area contributed by atoms with Crippen LogP contribution in [0, 0.1) is 30.6 Å². The Morgan fingerprint density at radius 1 is 1.47 bits per heavy atom. The maximum atomic E-state index is 12.2. The number of hydrogen-bond donors (Lipinski definition) is 2. The average molecular weight is 232 g/mol. The number of nitrogens with one attached hydrogen (secondary N) is 2. The molecule has 0 saturated heterocycles. The van der Waals surface area contributed by atoms with Gasteiger partial charge in [0.1, 0.15) is 5.41 Å². The Hall–Kier alpha value is -1.83. The van der Waals surface area contributed by atoms with Crippen LogP contribution in [0.5, 0.6) is 0 Å². The molecule has 0 aliphatic heterocycles. The van der Waals surface area contributed by atoms with E-state index in [-0.39, 0.29) is 5.91 Å². The molecule has 5 nitrogen and oxygen atoms in total. The number of nitrogens with zero attached hydrogens (tertiary/aromatic N) is 2. The normalized spacial score (nSPS) is 17.7. The molecule has 1 heterocycles. The van der Waals surface area contributed by atoms with Crippen LogP contribution in [0.4, 0.5) is 5.69 Å². The SMILES string of the molecule is Cc1n[nH]c(C)c1NC(=O)C1(C#N)CCCC1. The van der Waals surface area contributed by atoms with Crippen LogP contribution >= 0.6 is 0 Å². The number of carbonyl (C=O) groups excluding carboxylic acids is 1. The van der Waals surface area contributed by atoms with Gasteiger partial charge in [-0.2, -0.15) is 10.4 Å². The maximum Gasteiger partial charge on any atom is 0.244 e. The van der Waals surface area contributed by atoms with E-state index in [1.165, 1.54) is 0 Å². The number of hydrogen-bond acceptors (Lipinski definition) is 3. The Balaban J connectivity index is 2.20. The van der Waals surface area contributed by atoms with E-state index in [9.17, 15) is 10.1 Å². The van der Waals surface area contributed by atoms with Crippen molar-refractivity contribution < 1.29 is 4.79 Å². The maximum absolute atomic E-state index is 12.2. The smallest absolute Gasteiger partial charge is 0.244 e. The first-order chi connectivity index (χ1) is 8.09. The zero-order valence-corrected chi connectivity index (χ0v) is 10.1. The molecule has 0 atom stereocenters. The molecule has 1 aromatic rings. The number of nitriles is 1. The first-order valence-electron chi connectivity index (χ1n) is 5.83. The third kappa shape index (κ3) is 1.91. The molecule has 1 fully saturated rings. The van der Waals surface area contributed by atoms with Gasteiger partial charge in [-0.05, 0) is 26.7 Å². The number of aromatic amines is 1. The van der Waals surface area contributed by atoms with E-state index in [2.05, 4.69) is 21.6 Å². The summed E-state index contributed by atoms with van der Waals surface area (Å²) in [6.07, 6.45) is 3.21. The van der Waals surface area contributed by atoms with Crippen molar-refractivity contribution in [2.24, 2.45) is 5.41 Å². The second kappa shape index (κ2) is 4.21. The van der Waals surface area contributed by atoms with Gasteiger partial charge < -0.3 is 5.32 Å². The highest BCUT2D eigenvalue weighted by atomic mass is 16.2. The fourth-order valence-corrected chi connectivity index (χ4v) is 2.34. The third-order valence-electron chi connectivity index (χ3n) is 3.47. The molecule has 0 radical (unpaired) electrons. The number of aromatic nitrogens is 2. The monoisotopic (exact) mass is 232 g/mol. The summed E-state index contributed by atoms with van der Waals surface area (Å²) >= 11 is 0. The molecule has 0 unspecified atom stereocenters. The van der Waals surface area contributed by atoms with Gasteiger partial charge in [-0.25, -0.2) is 0 Å². The summed E-state index contributed by atoms with van der Waals surface area (Å²) in [4.78, 5) is 12.2. The molecule has 1 amide bonds.